The SMILES string of the molecule is CCOc1cccc(C(=O)Nc2cccc(OC(C)=O)c2)c1. The lowest BCUT2D eigenvalue weighted by Crippen LogP contribution is -2.12. The van der Waals surface area contributed by atoms with Gasteiger partial charge in [-0.3, -0.25) is 9.59 Å². The van der Waals surface area contributed by atoms with Crippen LogP contribution < -0.4 is 14.8 Å². The zero-order chi connectivity index (χ0) is 15.9. The van der Waals surface area contributed by atoms with Gasteiger partial charge in [-0.05, 0) is 37.3 Å². The normalized spacial score (nSPS) is 9.91. The Labute approximate surface area is 128 Å². The molecule has 1 N–H and O–H groups in total. The van der Waals surface area contributed by atoms with Crippen LogP contribution in [0.15, 0.2) is 48.5 Å². The first-order valence-corrected chi connectivity index (χ1v) is 6.91. The smallest absolute Gasteiger partial charge is 0.308 e. The molecule has 22 heavy (non-hydrogen) atoms. The van der Waals surface area contributed by atoms with Gasteiger partial charge in [0.05, 0.1) is 6.61 Å². The minimum atomic E-state index is -0.409. The maximum atomic E-state index is 12.2. The van der Waals surface area contributed by atoms with E-state index < -0.39 is 5.97 Å². The Morgan fingerprint density at radius 1 is 1.05 bits per heavy atom. The summed E-state index contributed by atoms with van der Waals surface area (Å²) in [6.07, 6.45) is 0. The molecular weight excluding hydrogens is 282 g/mol. The van der Waals surface area contributed by atoms with Crippen molar-refractivity contribution in [3.05, 3.63) is 54.1 Å². The van der Waals surface area contributed by atoms with E-state index in [0.29, 0.717) is 29.4 Å². The molecular formula is C17H17NO4. The van der Waals surface area contributed by atoms with Crippen LogP contribution in [0.2, 0.25) is 0 Å². The Balaban J connectivity index is 2.11. The topological polar surface area (TPSA) is 64.6 Å². The van der Waals surface area contributed by atoms with Gasteiger partial charge in [0, 0.05) is 24.2 Å². The highest BCUT2D eigenvalue weighted by atomic mass is 16.5. The predicted molar refractivity (Wildman–Crippen MR) is 83.3 cm³/mol. The zero-order valence-electron chi connectivity index (χ0n) is 12.5. The van der Waals surface area contributed by atoms with Gasteiger partial charge in [0.1, 0.15) is 11.5 Å². The van der Waals surface area contributed by atoms with E-state index in [1.165, 1.54) is 6.92 Å². The van der Waals surface area contributed by atoms with Gasteiger partial charge in [-0.25, -0.2) is 0 Å². The standard InChI is InChI=1S/C17H17NO4/c1-3-21-15-8-4-6-13(10-15)17(20)18-14-7-5-9-16(11-14)22-12(2)19/h4-11H,3H2,1-2H3,(H,18,20). The number of ether oxygens (including phenoxy) is 2. The third-order valence-corrected chi connectivity index (χ3v) is 2.76. The molecule has 0 fully saturated rings. The average Bonchev–Trinajstić information content (AvgIpc) is 2.47. The van der Waals surface area contributed by atoms with E-state index in [-0.39, 0.29) is 5.91 Å². The second-order valence-corrected chi connectivity index (χ2v) is 4.54. The third kappa shape index (κ3) is 4.34. The summed E-state index contributed by atoms with van der Waals surface area (Å²) in [6.45, 7) is 3.74. The van der Waals surface area contributed by atoms with Crippen LogP contribution in [0.25, 0.3) is 0 Å². The van der Waals surface area contributed by atoms with Crippen molar-refractivity contribution in [3.63, 3.8) is 0 Å². The number of carbonyl (C=O) groups is 2. The van der Waals surface area contributed by atoms with Gasteiger partial charge in [-0.1, -0.05) is 12.1 Å². The van der Waals surface area contributed by atoms with Crippen molar-refractivity contribution in [2.75, 3.05) is 11.9 Å². The van der Waals surface area contributed by atoms with E-state index in [2.05, 4.69) is 5.32 Å². The van der Waals surface area contributed by atoms with Crippen LogP contribution >= 0.6 is 0 Å². The molecule has 0 aromatic heterocycles. The van der Waals surface area contributed by atoms with Crippen molar-refractivity contribution in [3.8, 4) is 11.5 Å². The Morgan fingerprint density at radius 3 is 2.50 bits per heavy atom. The number of amides is 1. The summed E-state index contributed by atoms with van der Waals surface area (Å²) in [7, 11) is 0. The van der Waals surface area contributed by atoms with Gasteiger partial charge < -0.3 is 14.8 Å². The summed E-state index contributed by atoms with van der Waals surface area (Å²) in [5, 5.41) is 2.76. The number of nitrogens with one attached hydrogen (secondary N) is 1. The van der Waals surface area contributed by atoms with Crippen molar-refractivity contribution >= 4 is 17.6 Å². The van der Waals surface area contributed by atoms with E-state index in [0.717, 1.165) is 0 Å². The molecule has 0 aliphatic carbocycles. The number of benzene rings is 2. The molecule has 0 aliphatic rings. The lowest BCUT2D eigenvalue weighted by molar-refractivity contribution is -0.131. The zero-order valence-corrected chi connectivity index (χ0v) is 12.5. The molecule has 5 nitrogen and oxygen atoms in total. The van der Waals surface area contributed by atoms with Gasteiger partial charge in [0.2, 0.25) is 0 Å². The maximum absolute atomic E-state index is 12.2. The fourth-order valence-corrected chi connectivity index (χ4v) is 1.90. The summed E-state index contributed by atoms with van der Waals surface area (Å²) in [5.74, 6) is 0.353. The summed E-state index contributed by atoms with van der Waals surface area (Å²) in [6, 6.07) is 13.6. The first-order valence-electron chi connectivity index (χ1n) is 6.91. The summed E-state index contributed by atoms with van der Waals surface area (Å²) >= 11 is 0. The molecule has 0 bridgehead atoms. The van der Waals surface area contributed by atoms with Crippen LogP contribution in [0.3, 0.4) is 0 Å². The second kappa shape index (κ2) is 7.26. The highest BCUT2D eigenvalue weighted by Crippen LogP contribution is 2.19. The molecule has 0 aliphatic heterocycles. The average molecular weight is 299 g/mol. The summed E-state index contributed by atoms with van der Waals surface area (Å²) < 4.78 is 10.4. The first kappa shape index (κ1) is 15.6. The second-order valence-electron chi connectivity index (χ2n) is 4.54. The van der Waals surface area contributed by atoms with Crippen molar-refractivity contribution in [2.45, 2.75) is 13.8 Å². The molecule has 2 aromatic rings. The fraction of sp³-hybridized carbons (Fsp3) is 0.176. The Morgan fingerprint density at radius 2 is 1.77 bits per heavy atom. The van der Waals surface area contributed by atoms with Gasteiger partial charge in [-0.15, -0.1) is 0 Å². The molecule has 0 unspecified atom stereocenters. The molecule has 2 rings (SSSR count). The van der Waals surface area contributed by atoms with Gasteiger partial charge in [0.25, 0.3) is 5.91 Å². The third-order valence-electron chi connectivity index (χ3n) is 2.76. The van der Waals surface area contributed by atoms with Gasteiger partial charge >= 0.3 is 5.97 Å². The molecule has 114 valence electrons. The number of hydrogen-bond donors (Lipinski definition) is 1. The van der Waals surface area contributed by atoms with Crippen LogP contribution in [0, 0.1) is 0 Å². The predicted octanol–water partition coefficient (Wildman–Crippen LogP) is 3.26. The number of hydrogen-bond acceptors (Lipinski definition) is 4. The Bertz CT molecular complexity index is 682. The Hall–Kier alpha value is -2.82. The molecule has 0 saturated carbocycles. The minimum absolute atomic E-state index is 0.262. The van der Waals surface area contributed by atoms with E-state index in [1.54, 1.807) is 48.5 Å². The van der Waals surface area contributed by atoms with Gasteiger partial charge in [-0.2, -0.15) is 0 Å². The highest BCUT2D eigenvalue weighted by molar-refractivity contribution is 6.04. The summed E-state index contributed by atoms with van der Waals surface area (Å²) in [5.41, 5.74) is 1.04. The van der Waals surface area contributed by atoms with Crippen LogP contribution in [0.1, 0.15) is 24.2 Å². The molecule has 5 heteroatoms. The maximum Gasteiger partial charge on any atom is 0.308 e. The van der Waals surface area contributed by atoms with Crippen LogP contribution in [0.4, 0.5) is 5.69 Å². The lowest BCUT2D eigenvalue weighted by Gasteiger charge is -2.08. The van der Waals surface area contributed by atoms with Crippen LogP contribution in [-0.4, -0.2) is 18.5 Å². The monoisotopic (exact) mass is 299 g/mol. The van der Waals surface area contributed by atoms with Gasteiger partial charge in [0.15, 0.2) is 0 Å². The number of anilines is 1. The molecule has 0 heterocycles. The molecule has 0 spiro atoms. The minimum Gasteiger partial charge on any atom is -0.494 e. The molecule has 1 amide bonds. The number of rotatable bonds is 5. The molecule has 0 radical (unpaired) electrons. The first-order chi connectivity index (χ1) is 10.6. The number of carbonyl (C=O) groups excluding carboxylic acids is 2. The Kier molecular flexibility index (Phi) is 5.14. The van der Waals surface area contributed by atoms with Crippen molar-refractivity contribution in [1.82, 2.24) is 0 Å². The van der Waals surface area contributed by atoms with E-state index in [9.17, 15) is 9.59 Å². The van der Waals surface area contributed by atoms with Crippen molar-refractivity contribution < 1.29 is 19.1 Å². The van der Waals surface area contributed by atoms with Crippen LogP contribution in [0.5, 0.6) is 11.5 Å². The molecule has 0 atom stereocenters. The van der Waals surface area contributed by atoms with E-state index >= 15 is 0 Å². The lowest BCUT2D eigenvalue weighted by atomic mass is 10.2. The molecule has 0 saturated heterocycles. The largest absolute Gasteiger partial charge is 0.494 e. The van der Waals surface area contributed by atoms with Crippen molar-refractivity contribution in [1.29, 1.82) is 0 Å². The van der Waals surface area contributed by atoms with Crippen LogP contribution in [-0.2, 0) is 4.79 Å². The quantitative estimate of drug-likeness (QED) is 0.680. The van der Waals surface area contributed by atoms with E-state index in [4.69, 9.17) is 9.47 Å². The summed E-state index contributed by atoms with van der Waals surface area (Å²) in [4.78, 5) is 23.2. The highest BCUT2D eigenvalue weighted by Gasteiger charge is 2.08. The molecule has 2 aromatic carbocycles. The fourth-order valence-electron chi connectivity index (χ4n) is 1.90. The van der Waals surface area contributed by atoms with Crippen molar-refractivity contribution in [2.24, 2.45) is 0 Å². The number of esters is 1. The van der Waals surface area contributed by atoms with E-state index in [1.807, 2.05) is 6.92 Å².